The second-order valence-corrected chi connectivity index (χ2v) is 7.77. The highest BCUT2D eigenvalue weighted by molar-refractivity contribution is 7.11. The lowest BCUT2D eigenvalue weighted by Crippen LogP contribution is -2.33. The quantitative estimate of drug-likeness (QED) is 0.566. The van der Waals surface area contributed by atoms with Crippen molar-refractivity contribution >= 4 is 23.2 Å². The fourth-order valence-corrected chi connectivity index (χ4v) is 3.75. The highest BCUT2D eigenvalue weighted by Crippen LogP contribution is 2.19. The number of rotatable bonds is 7. The van der Waals surface area contributed by atoms with E-state index in [1.165, 1.54) is 23.7 Å². The normalized spacial score (nSPS) is 10.5. The molecule has 6 heteroatoms. The van der Waals surface area contributed by atoms with Crippen LogP contribution in [0.2, 0.25) is 0 Å². The van der Waals surface area contributed by atoms with Crippen molar-refractivity contribution in [3.05, 3.63) is 87.4 Å². The van der Waals surface area contributed by atoms with Gasteiger partial charge in [-0.1, -0.05) is 30.3 Å². The van der Waals surface area contributed by atoms with E-state index in [9.17, 15) is 9.59 Å². The monoisotopic (exact) mass is 394 g/mol. The van der Waals surface area contributed by atoms with E-state index in [0.717, 1.165) is 11.3 Å². The number of ether oxygens (including phenoxy) is 1. The summed E-state index contributed by atoms with van der Waals surface area (Å²) in [6.07, 6.45) is 2.14. The number of aromatic nitrogens is 1. The van der Waals surface area contributed by atoms with Crippen LogP contribution in [0.15, 0.2) is 60.8 Å². The van der Waals surface area contributed by atoms with Crippen LogP contribution in [0.4, 0.5) is 0 Å². The van der Waals surface area contributed by atoms with Gasteiger partial charge in [0.2, 0.25) is 0 Å². The molecule has 0 aliphatic heterocycles. The topological polar surface area (TPSA) is 59.5 Å². The largest absolute Gasteiger partial charge is 0.465 e. The molecule has 0 N–H and O–H groups in total. The summed E-state index contributed by atoms with van der Waals surface area (Å²) >= 11 is 1.68. The molecule has 28 heavy (non-hydrogen) atoms. The van der Waals surface area contributed by atoms with E-state index in [-0.39, 0.29) is 5.91 Å². The summed E-state index contributed by atoms with van der Waals surface area (Å²) < 4.78 is 4.68. The second-order valence-electron chi connectivity index (χ2n) is 6.40. The van der Waals surface area contributed by atoms with Crippen molar-refractivity contribution in [1.82, 2.24) is 9.88 Å². The van der Waals surface area contributed by atoms with E-state index in [0.29, 0.717) is 24.3 Å². The average Bonchev–Trinajstić information content (AvgIpc) is 3.15. The van der Waals surface area contributed by atoms with Crippen molar-refractivity contribution in [1.29, 1.82) is 0 Å². The third-order valence-electron chi connectivity index (χ3n) is 4.35. The first-order valence-corrected chi connectivity index (χ1v) is 9.81. The Kier molecular flexibility index (Phi) is 6.55. The highest BCUT2D eigenvalue weighted by Gasteiger charge is 2.19. The van der Waals surface area contributed by atoms with E-state index in [2.05, 4.69) is 40.9 Å². The maximum atomic E-state index is 13.1. The molecule has 0 radical (unpaired) electrons. The zero-order chi connectivity index (χ0) is 19.9. The van der Waals surface area contributed by atoms with E-state index in [1.54, 1.807) is 28.4 Å². The number of carbonyl (C=O) groups is 2. The van der Waals surface area contributed by atoms with Crippen LogP contribution in [0.1, 0.15) is 36.2 Å². The minimum absolute atomic E-state index is 0.154. The number of carbonyl (C=O) groups excluding carboxylic acids is 2. The summed E-state index contributed by atoms with van der Waals surface area (Å²) in [5.41, 5.74) is 1.81. The number of esters is 1. The van der Waals surface area contributed by atoms with Gasteiger partial charge in [-0.25, -0.2) is 4.79 Å². The molecule has 0 aliphatic carbocycles. The Labute approximate surface area is 168 Å². The molecule has 0 bridgehead atoms. The molecule has 3 rings (SSSR count). The Bertz CT molecular complexity index is 936. The Morgan fingerprint density at radius 3 is 2.46 bits per heavy atom. The van der Waals surface area contributed by atoms with Gasteiger partial charge in [0.15, 0.2) is 0 Å². The van der Waals surface area contributed by atoms with Gasteiger partial charge in [-0.15, -0.1) is 11.3 Å². The van der Waals surface area contributed by atoms with Crippen LogP contribution in [-0.2, 0) is 17.7 Å². The standard InChI is InChI=1S/C22H22N2O3S/c1-16-8-10-19(28-16)15-24(13-12-17-6-4-3-5-7-17)21(25)20-11-9-18(14-23-20)22(26)27-2/h3-11,14H,12-13,15H2,1-2H3. The molecule has 1 amide bonds. The number of hydrogen-bond acceptors (Lipinski definition) is 5. The lowest BCUT2D eigenvalue weighted by Gasteiger charge is -2.22. The Morgan fingerprint density at radius 2 is 1.86 bits per heavy atom. The van der Waals surface area contributed by atoms with E-state index >= 15 is 0 Å². The smallest absolute Gasteiger partial charge is 0.339 e. The number of thiophene rings is 1. The van der Waals surface area contributed by atoms with E-state index in [4.69, 9.17) is 0 Å². The lowest BCUT2D eigenvalue weighted by atomic mass is 10.1. The molecule has 2 heterocycles. The number of aryl methyl sites for hydroxylation is 1. The molecule has 144 valence electrons. The molecular formula is C22H22N2O3S. The number of amides is 1. The fourth-order valence-electron chi connectivity index (χ4n) is 2.84. The van der Waals surface area contributed by atoms with Crippen molar-refractivity contribution in [3.8, 4) is 0 Å². The predicted octanol–water partition coefficient (Wildman–Crippen LogP) is 4.12. The molecule has 0 fully saturated rings. The summed E-state index contributed by atoms with van der Waals surface area (Å²) in [5, 5.41) is 0. The zero-order valence-electron chi connectivity index (χ0n) is 15.9. The molecular weight excluding hydrogens is 372 g/mol. The molecule has 5 nitrogen and oxygen atoms in total. The predicted molar refractivity (Wildman–Crippen MR) is 110 cm³/mol. The van der Waals surface area contributed by atoms with Crippen LogP contribution in [0.3, 0.4) is 0 Å². The van der Waals surface area contributed by atoms with Crippen molar-refractivity contribution in [3.63, 3.8) is 0 Å². The molecule has 0 aliphatic rings. The van der Waals surface area contributed by atoms with Gasteiger partial charge in [0.25, 0.3) is 5.91 Å². The molecule has 0 spiro atoms. The summed E-state index contributed by atoms with van der Waals surface area (Å²) in [6.45, 7) is 3.17. The molecule has 1 aromatic carbocycles. The first-order chi connectivity index (χ1) is 13.6. The number of hydrogen-bond donors (Lipinski definition) is 0. The average molecular weight is 394 g/mol. The van der Waals surface area contributed by atoms with Crippen molar-refractivity contribution < 1.29 is 14.3 Å². The van der Waals surface area contributed by atoms with Gasteiger partial charge in [-0.3, -0.25) is 9.78 Å². The third kappa shape index (κ3) is 5.04. The van der Waals surface area contributed by atoms with Crippen LogP contribution in [-0.4, -0.2) is 35.4 Å². The first-order valence-electron chi connectivity index (χ1n) is 8.99. The van der Waals surface area contributed by atoms with Crippen molar-refractivity contribution in [2.75, 3.05) is 13.7 Å². The SMILES string of the molecule is COC(=O)c1ccc(C(=O)N(CCc2ccccc2)Cc2ccc(C)s2)nc1. The Morgan fingerprint density at radius 1 is 1.07 bits per heavy atom. The maximum absolute atomic E-state index is 13.1. The van der Waals surface area contributed by atoms with Crippen LogP contribution in [0.25, 0.3) is 0 Å². The second kappa shape index (κ2) is 9.28. The van der Waals surface area contributed by atoms with E-state index < -0.39 is 5.97 Å². The summed E-state index contributed by atoms with van der Waals surface area (Å²) in [6, 6.07) is 17.3. The molecule has 0 atom stereocenters. The Balaban J connectivity index is 1.77. The maximum Gasteiger partial charge on any atom is 0.339 e. The van der Waals surface area contributed by atoms with Gasteiger partial charge >= 0.3 is 5.97 Å². The molecule has 0 saturated heterocycles. The lowest BCUT2D eigenvalue weighted by molar-refractivity contribution is 0.0599. The molecule has 0 saturated carbocycles. The molecule has 2 aromatic heterocycles. The molecule has 0 unspecified atom stereocenters. The first kappa shape index (κ1) is 19.8. The highest BCUT2D eigenvalue weighted by atomic mass is 32.1. The van der Waals surface area contributed by atoms with Crippen LogP contribution < -0.4 is 0 Å². The van der Waals surface area contributed by atoms with Gasteiger partial charge in [-0.05, 0) is 43.2 Å². The molecule has 3 aromatic rings. The number of nitrogens with zero attached hydrogens (tertiary/aromatic N) is 2. The summed E-state index contributed by atoms with van der Waals surface area (Å²) in [4.78, 5) is 33.0. The number of benzene rings is 1. The number of methoxy groups -OCH3 is 1. The van der Waals surface area contributed by atoms with Gasteiger partial charge < -0.3 is 9.64 Å². The Hall–Kier alpha value is -2.99. The van der Waals surface area contributed by atoms with Gasteiger partial charge in [0.05, 0.1) is 19.2 Å². The summed E-state index contributed by atoms with van der Waals surface area (Å²) in [5.74, 6) is -0.625. The minimum atomic E-state index is -0.471. The fraction of sp³-hybridized carbons (Fsp3) is 0.227. The van der Waals surface area contributed by atoms with Gasteiger partial charge in [-0.2, -0.15) is 0 Å². The summed E-state index contributed by atoms with van der Waals surface area (Å²) in [7, 11) is 1.32. The van der Waals surface area contributed by atoms with Crippen molar-refractivity contribution in [2.24, 2.45) is 0 Å². The zero-order valence-corrected chi connectivity index (χ0v) is 16.7. The third-order valence-corrected chi connectivity index (χ3v) is 5.33. The van der Waals surface area contributed by atoms with Gasteiger partial charge in [0, 0.05) is 22.5 Å². The van der Waals surface area contributed by atoms with Crippen LogP contribution in [0, 0.1) is 6.92 Å². The van der Waals surface area contributed by atoms with Crippen LogP contribution >= 0.6 is 11.3 Å². The van der Waals surface area contributed by atoms with E-state index in [1.807, 2.05) is 18.2 Å². The van der Waals surface area contributed by atoms with Crippen molar-refractivity contribution in [2.45, 2.75) is 19.9 Å². The van der Waals surface area contributed by atoms with Crippen LogP contribution in [0.5, 0.6) is 0 Å². The minimum Gasteiger partial charge on any atom is -0.465 e. The van der Waals surface area contributed by atoms with Gasteiger partial charge in [0.1, 0.15) is 5.69 Å². The number of pyridine rings is 1.